The third-order valence-corrected chi connectivity index (χ3v) is 3.83. The number of hydrogen-bond donors (Lipinski definition) is 0. The average Bonchev–Trinajstić information content (AvgIpc) is 2.68. The number of carbonyl (C=O) groups excluding carboxylic acids is 1. The molecule has 0 bridgehead atoms. The Bertz CT molecular complexity index is 342. The highest BCUT2D eigenvalue weighted by molar-refractivity contribution is 7.13. The Morgan fingerprint density at radius 2 is 2.33 bits per heavy atom. The van der Waals surface area contributed by atoms with Gasteiger partial charge in [-0.15, -0.1) is 11.3 Å². The van der Waals surface area contributed by atoms with Crippen molar-refractivity contribution >= 4 is 17.1 Å². The summed E-state index contributed by atoms with van der Waals surface area (Å²) in [7, 11) is 0. The zero-order valence-electron chi connectivity index (χ0n) is 8.86. The van der Waals surface area contributed by atoms with Crippen molar-refractivity contribution in [1.82, 2.24) is 4.98 Å². The highest BCUT2D eigenvalue weighted by Gasteiger charge is 2.16. The lowest BCUT2D eigenvalue weighted by molar-refractivity contribution is 0.0665. The standard InChI is InChI=1S/C11H15NO2S/c1-8(13)10-7-12-11(15-10)6-9-2-4-14-5-3-9/h7,9H,2-6H2,1H3. The number of hydrogen-bond acceptors (Lipinski definition) is 4. The molecule has 0 radical (unpaired) electrons. The predicted molar refractivity (Wildman–Crippen MR) is 59.4 cm³/mol. The molecule has 1 aliphatic heterocycles. The summed E-state index contributed by atoms with van der Waals surface area (Å²) < 4.78 is 5.31. The van der Waals surface area contributed by atoms with Crippen LogP contribution in [0.25, 0.3) is 0 Å². The van der Waals surface area contributed by atoms with Crippen LogP contribution >= 0.6 is 11.3 Å². The van der Waals surface area contributed by atoms with E-state index in [1.165, 1.54) is 11.3 Å². The third-order valence-electron chi connectivity index (χ3n) is 2.70. The molecular weight excluding hydrogens is 210 g/mol. The summed E-state index contributed by atoms with van der Waals surface area (Å²) in [5, 5.41) is 1.09. The Balaban J connectivity index is 1.94. The number of carbonyl (C=O) groups is 1. The monoisotopic (exact) mass is 225 g/mol. The van der Waals surface area contributed by atoms with Gasteiger partial charge in [-0.2, -0.15) is 0 Å². The smallest absolute Gasteiger partial charge is 0.171 e. The van der Waals surface area contributed by atoms with Gasteiger partial charge in [0, 0.05) is 32.8 Å². The number of ketones is 1. The maximum Gasteiger partial charge on any atom is 0.171 e. The highest BCUT2D eigenvalue weighted by atomic mass is 32.1. The van der Waals surface area contributed by atoms with Crippen LogP contribution in [0.3, 0.4) is 0 Å². The van der Waals surface area contributed by atoms with E-state index >= 15 is 0 Å². The normalized spacial score (nSPS) is 17.9. The van der Waals surface area contributed by atoms with Gasteiger partial charge in [0.15, 0.2) is 5.78 Å². The first-order valence-electron chi connectivity index (χ1n) is 5.29. The Morgan fingerprint density at radius 3 is 2.93 bits per heavy atom. The van der Waals surface area contributed by atoms with Crippen molar-refractivity contribution in [3.05, 3.63) is 16.1 Å². The lowest BCUT2D eigenvalue weighted by atomic mass is 9.97. The number of nitrogens with zero attached hydrogens (tertiary/aromatic N) is 1. The van der Waals surface area contributed by atoms with Crippen molar-refractivity contribution in [3.63, 3.8) is 0 Å². The Kier molecular flexibility index (Phi) is 3.49. The molecular formula is C11H15NO2S. The largest absolute Gasteiger partial charge is 0.381 e. The Labute approximate surface area is 93.5 Å². The van der Waals surface area contributed by atoms with Gasteiger partial charge in [0.1, 0.15) is 0 Å². The second-order valence-corrected chi connectivity index (χ2v) is 5.05. The van der Waals surface area contributed by atoms with Crippen molar-refractivity contribution < 1.29 is 9.53 Å². The lowest BCUT2D eigenvalue weighted by Gasteiger charge is -2.20. The second-order valence-electron chi connectivity index (χ2n) is 3.93. The number of thiazole rings is 1. The van der Waals surface area contributed by atoms with Gasteiger partial charge in [-0.3, -0.25) is 4.79 Å². The number of Topliss-reactive ketones (excluding diaryl/α,β-unsaturated/α-hetero) is 1. The van der Waals surface area contributed by atoms with Gasteiger partial charge in [0.25, 0.3) is 0 Å². The molecule has 0 amide bonds. The molecule has 1 fully saturated rings. The van der Waals surface area contributed by atoms with E-state index in [0.29, 0.717) is 5.92 Å². The van der Waals surface area contributed by atoms with Crippen molar-refractivity contribution in [2.24, 2.45) is 5.92 Å². The fourth-order valence-corrected chi connectivity index (χ4v) is 2.69. The van der Waals surface area contributed by atoms with Crippen LogP contribution in [0.15, 0.2) is 6.20 Å². The molecule has 1 aromatic rings. The summed E-state index contributed by atoms with van der Waals surface area (Å²) in [6, 6.07) is 0. The van der Waals surface area contributed by atoms with Crippen LogP contribution < -0.4 is 0 Å². The molecule has 1 aliphatic rings. The molecule has 3 nitrogen and oxygen atoms in total. The molecule has 0 N–H and O–H groups in total. The first-order valence-corrected chi connectivity index (χ1v) is 6.10. The van der Waals surface area contributed by atoms with E-state index in [2.05, 4.69) is 4.98 Å². The highest BCUT2D eigenvalue weighted by Crippen LogP contribution is 2.23. The minimum atomic E-state index is 0.116. The first-order chi connectivity index (χ1) is 7.25. The summed E-state index contributed by atoms with van der Waals surface area (Å²) in [4.78, 5) is 16.2. The van der Waals surface area contributed by atoms with Gasteiger partial charge < -0.3 is 4.74 Å². The molecule has 0 aromatic carbocycles. The quantitative estimate of drug-likeness (QED) is 0.741. The summed E-state index contributed by atoms with van der Waals surface area (Å²) >= 11 is 1.53. The molecule has 1 aromatic heterocycles. The first kappa shape index (κ1) is 10.8. The van der Waals surface area contributed by atoms with E-state index in [9.17, 15) is 4.79 Å². The van der Waals surface area contributed by atoms with Crippen LogP contribution in [0, 0.1) is 5.92 Å². The van der Waals surface area contributed by atoms with Crippen LogP contribution in [0.2, 0.25) is 0 Å². The van der Waals surface area contributed by atoms with Crippen LogP contribution in [0.5, 0.6) is 0 Å². The van der Waals surface area contributed by atoms with Gasteiger partial charge in [-0.1, -0.05) is 0 Å². The van der Waals surface area contributed by atoms with Crippen LogP contribution in [0.4, 0.5) is 0 Å². The second kappa shape index (κ2) is 4.86. The van der Waals surface area contributed by atoms with Gasteiger partial charge in [-0.05, 0) is 18.8 Å². The molecule has 82 valence electrons. The Hall–Kier alpha value is -0.740. The minimum Gasteiger partial charge on any atom is -0.381 e. The fourth-order valence-electron chi connectivity index (χ4n) is 1.76. The van der Waals surface area contributed by atoms with E-state index in [1.54, 1.807) is 13.1 Å². The SMILES string of the molecule is CC(=O)c1cnc(CC2CCOCC2)s1. The molecule has 0 saturated carbocycles. The van der Waals surface area contributed by atoms with E-state index in [1.807, 2.05) is 0 Å². The molecule has 0 atom stereocenters. The van der Waals surface area contributed by atoms with E-state index in [4.69, 9.17) is 4.74 Å². The van der Waals surface area contributed by atoms with Crippen molar-refractivity contribution in [2.45, 2.75) is 26.2 Å². The lowest BCUT2D eigenvalue weighted by Crippen LogP contribution is -2.17. The van der Waals surface area contributed by atoms with Crippen LogP contribution in [-0.2, 0) is 11.2 Å². The fraction of sp³-hybridized carbons (Fsp3) is 0.636. The third kappa shape index (κ3) is 2.86. The molecule has 2 rings (SSSR count). The van der Waals surface area contributed by atoms with Gasteiger partial charge in [0.05, 0.1) is 9.88 Å². The molecule has 0 aliphatic carbocycles. The van der Waals surface area contributed by atoms with Crippen molar-refractivity contribution in [3.8, 4) is 0 Å². The van der Waals surface area contributed by atoms with Gasteiger partial charge in [0.2, 0.25) is 0 Å². The van der Waals surface area contributed by atoms with Gasteiger partial charge in [-0.25, -0.2) is 4.98 Å². The maximum atomic E-state index is 11.1. The van der Waals surface area contributed by atoms with E-state index < -0.39 is 0 Å². The topological polar surface area (TPSA) is 39.2 Å². The van der Waals surface area contributed by atoms with Gasteiger partial charge >= 0.3 is 0 Å². The molecule has 0 unspecified atom stereocenters. The average molecular weight is 225 g/mol. The van der Waals surface area contributed by atoms with Crippen LogP contribution in [-0.4, -0.2) is 24.0 Å². The molecule has 0 spiro atoms. The zero-order valence-corrected chi connectivity index (χ0v) is 9.68. The molecule has 15 heavy (non-hydrogen) atoms. The molecule has 1 saturated heterocycles. The minimum absolute atomic E-state index is 0.116. The molecule has 4 heteroatoms. The van der Waals surface area contributed by atoms with Crippen molar-refractivity contribution in [2.75, 3.05) is 13.2 Å². The number of rotatable bonds is 3. The maximum absolute atomic E-state index is 11.1. The number of aromatic nitrogens is 1. The van der Waals surface area contributed by atoms with E-state index in [0.717, 1.165) is 42.4 Å². The summed E-state index contributed by atoms with van der Waals surface area (Å²) in [5.74, 6) is 0.801. The Morgan fingerprint density at radius 1 is 1.60 bits per heavy atom. The summed E-state index contributed by atoms with van der Waals surface area (Å²) in [6.07, 6.45) is 4.94. The summed E-state index contributed by atoms with van der Waals surface area (Å²) in [6.45, 7) is 3.33. The molecule has 2 heterocycles. The predicted octanol–water partition coefficient (Wildman–Crippen LogP) is 2.31. The van der Waals surface area contributed by atoms with Crippen molar-refractivity contribution in [1.29, 1.82) is 0 Å². The van der Waals surface area contributed by atoms with E-state index in [-0.39, 0.29) is 5.78 Å². The summed E-state index contributed by atoms with van der Waals surface area (Å²) in [5.41, 5.74) is 0. The number of ether oxygens (including phenoxy) is 1. The zero-order chi connectivity index (χ0) is 10.7. The van der Waals surface area contributed by atoms with Crippen LogP contribution in [0.1, 0.15) is 34.4 Å².